The van der Waals surface area contributed by atoms with Gasteiger partial charge < -0.3 is 9.64 Å². The molecule has 1 unspecified atom stereocenters. The van der Waals surface area contributed by atoms with Crippen LogP contribution in [0.15, 0.2) is 24.4 Å². The van der Waals surface area contributed by atoms with E-state index in [0.717, 1.165) is 62.2 Å². The summed E-state index contributed by atoms with van der Waals surface area (Å²) in [5.74, 6) is 0.782. The fourth-order valence-electron chi connectivity index (χ4n) is 3.50. The van der Waals surface area contributed by atoms with Gasteiger partial charge in [-0.15, -0.1) is 0 Å². The number of carbonyl (C=O) groups is 1. The van der Waals surface area contributed by atoms with Crippen molar-refractivity contribution in [1.82, 2.24) is 9.97 Å². The predicted octanol–water partition coefficient (Wildman–Crippen LogP) is 2.20. The molecule has 0 amide bonds. The zero-order valence-electron chi connectivity index (χ0n) is 11.8. The SMILES string of the molecule is O=Cc1ccc2nc(N3CCCC34CCOC4)ncc2c1. The van der Waals surface area contributed by atoms with Crippen molar-refractivity contribution in [1.29, 1.82) is 0 Å². The molecule has 2 saturated heterocycles. The van der Waals surface area contributed by atoms with Gasteiger partial charge >= 0.3 is 0 Å². The Hall–Kier alpha value is -2.01. The number of hydrogen-bond acceptors (Lipinski definition) is 5. The lowest BCUT2D eigenvalue weighted by Crippen LogP contribution is -2.45. The molecule has 108 valence electrons. The van der Waals surface area contributed by atoms with Crippen LogP contribution in [0.5, 0.6) is 0 Å². The number of anilines is 1. The molecule has 1 aromatic carbocycles. The lowest BCUT2D eigenvalue weighted by atomic mass is 9.96. The van der Waals surface area contributed by atoms with Gasteiger partial charge in [-0.2, -0.15) is 0 Å². The summed E-state index contributed by atoms with van der Waals surface area (Å²) in [6, 6.07) is 5.51. The maximum atomic E-state index is 10.8. The van der Waals surface area contributed by atoms with Gasteiger partial charge in [-0.3, -0.25) is 4.79 Å². The molecule has 4 rings (SSSR count). The Labute approximate surface area is 122 Å². The van der Waals surface area contributed by atoms with E-state index in [4.69, 9.17) is 9.72 Å². The molecule has 3 heterocycles. The summed E-state index contributed by atoms with van der Waals surface area (Å²) in [6.07, 6.45) is 6.02. The van der Waals surface area contributed by atoms with Crippen LogP contribution in [-0.2, 0) is 4.74 Å². The second-order valence-corrected chi connectivity index (χ2v) is 5.89. The van der Waals surface area contributed by atoms with E-state index in [2.05, 4.69) is 9.88 Å². The number of ether oxygens (including phenoxy) is 1. The minimum Gasteiger partial charge on any atom is -0.379 e. The van der Waals surface area contributed by atoms with Gasteiger partial charge in [0.05, 0.1) is 17.7 Å². The van der Waals surface area contributed by atoms with Crippen LogP contribution in [0.2, 0.25) is 0 Å². The Morgan fingerprint density at radius 3 is 3.10 bits per heavy atom. The van der Waals surface area contributed by atoms with E-state index < -0.39 is 0 Å². The predicted molar refractivity (Wildman–Crippen MR) is 79.7 cm³/mol. The smallest absolute Gasteiger partial charge is 0.226 e. The van der Waals surface area contributed by atoms with Gasteiger partial charge in [-0.1, -0.05) is 0 Å². The molecule has 1 atom stereocenters. The van der Waals surface area contributed by atoms with Gasteiger partial charge in [-0.25, -0.2) is 9.97 Å². The molecular weight excluding hydrogens is 266 g/mol. The lowest BCUT2D eigenvalue weighted by molar-refractivity contribution is 0.112. The molecule has 21 heavy (non-hydrogen) atoms. The topological polar surface area (TPSA) is 55.3 Å². The van der Waals surface area contributed by atoms with E-state index in [1.54, 1.807) is 6.07 Å². The largest absolute Gasteiger partial charge is 0.379 e. The summed E-state index contributed by atoms with van der Waals surface area (Å²) in [7, 11) is 0. The lowest BCUT2D eigenvalue weighted by Gasteiger charge is -2.33. The third kappa shape index (κ3) is 2.00. The van der Waals surface area contributed by atoms with E-state index in [1.807, 2.05) is 18.3 Å². The fourth-order valence-corrected chi connectivity index (χ4v) is 3.50. The van der Waals surface area contributed by atoms with E-state index in [9.17, 15) is 4.79 Å². The molecule has 2 aliphatic rings. The molecular formula is C16H17N3O2. The molecule has 0 aliphatic carbocycles. The van der Waals surface area contributed by atoms with Crippen LogP contribution in [0.4, 0.5) is 5.95 Å². The highest BCUT2D eigenvalue weighted by Gasteiger charge is 2.45. The highest BCUT2D eigenvalue weighted by Crippen LogP contribution is 2.38. The standard InChI is InChI=1S/C16H17N3O2/c20-10-12-2-3-14-13(8-12)9-17-15(18-14)19-6-1-4-16(19)5-7-21-11-16/h2-3,8-10H,1,4-7,11H2. The van der Waals surface area contributed by atoms with Crippen molar-refractivity contribution < 1.29 is 9.53 Å². The molecule has 0 radical (unpaired) electrons. The Bertz CT molecular complexity index is 689. The van der Waals surface area contributed by atoms with Crippen molar-refractivity contribution in [3.63, 3.8) is 0 Å². The summed E-state index contributed by atoms with van der Waals surface area (Å²) in [5.41, 5.74) is 1.63. The van der Waals surface area contributed by atoms with Gasteiger partial charge in [0.2, 0.25) is 5.95 Å². The summed E-state index contributed by atoms with van der Waals surface area (Å²) >= 11 is 0. The van der Waals surface area contributed by atoms with Gasteiger partial charge in [0.25, 0.3) is 0 Å². The molecule has 1 aromatic heterocycles. The molecule has 0 bridgehead atoms. The molecule has 0 N–H and O–H groups in total. The number of hydrogen-bond donors (Lipinski definition) is 0. The Morgan fingerprint density at radius 1 is 1.33 bits per heavy atom. The quantitative estimate of drug-likeness (QED) is 0.791. The minimum absolute atomic E-state index is 0.0937. The van der Waals surface area contributed by atoms with E-state index in [0.29, 0.717) is 5.56 Å². The number of aldehydes is 1. The van der Waals surface area contributed by atoms with E-state index in [-0.39, 0.29) is 5.54 Å². The van der Waals surface area contributed by atoms with Crippen molar-refractivity contribution in [3.05, 3.63) is 30.0 Å². The van der Waals surface area contributed by atoms with Crippen LogP contribution in [-0.4, -0.2) is 41.6 Å². The minimum atomic E-state index is 0.0937. The highest BCUT2D eigenvalue weighted by atomic mass is 16.5. The molecule has 2 aliphatic heterocycles. The number of benzene rings is 1. The van der Waals surface area contributed by atoms with Crippen LogP contribution < -0.4 is 4.90 Å². The zero-order valence-corrected chi connectivity index (χ0v) is 11.8. The first kappa shape index (κ1) is 12.7. The zero-order chi connectivity index (χ0) is 14.3. The van der Waals surface area contributed by atoms with Crippen molar-refractivity contribution >= 4 is 23.1 Å². The number of nitrogens with zero attached hydrogens (tertiary/aromatic N) is 3. The molecule has 5 nitrogen and oxygen atoms in total. The van der Waals surface area contributed by atoms with Crippen molar-refractivity contribution in [2.24, 2.45) is 0 Å². The Kier molecular flexibility index (Phi) is 2.89. The van der Waals surface area contributed by atoms with Gasteiger partial charge in [-0.05, 0) is 37.5 Å². The maximum absolute atomic E-state index is 10.8. The van der Waals surface area contributed by atoms with Crippen LogP contribution in [0.25, 0.3) is 10.9 Å². The molecule has 1 spiro atoms. The number of fused-ring (bicyclic) bond motifs is 1. The maximum Gasteiger partial charge on any atom is 0.226 e. The van der Waals surface area contributed by atoms with Crippen LogP contribution in [0.3, 0.4) is 0 Å². The molecule has 5 heteroatoms. The Balaban J connectivity index is 1.75. The van der Waals surface area contributed by atoms with Crippen LogP contribution in [0, 0.1) is 0 Å². The van der Waals surface area contributed by atoms with Crippen molar-refractivity contribution in [2.45, 2.75) is 24.8 Å². The average Bonchev–Trinajstić information content (AvgIpc) is 3.17. The molecule has 2 aromatic rings. The number of carbonyl (C=O) groups excluding carboxylic acids is 1. The monoisotopic (exact) mass is 283 g/mol. The van der Waals surface area contributed by atoms with Crippen molar-refractivity contribution in [2.75, 3.05) is 24.7 Å². The highest BCUT2D eigenvalue weighted by molar-refractivity contribution is 5.86. The fraction of sp³-hybridized carbons (Fsp3) is 0.438. The van der Waals surface area contributed by atoms with Gasteiger partial charge in [0, 0.05) is 30.3 Å². The van der Waals surface area contributed by atoms with Crippen LogP contribution >= 0.6 is 0 Å². The van der Waals surface area contributed by atoms with E-state index in [1.165, 1.54) is 0 Å². The summed E-state index contributed by atoms with van der Waals surface area (Å²) < 4.78 is 5.62. The number of aromatic nitrogens is 2. The average molecular weight is 283 g/mol. The number of rotatable bonds is 2. The third-order valence-corrected chi connectivity index (χ3v) is 4.65. The molecule has 2 fully saturated rings. The van der Waals surface area contributed by atoms with Gasteiger partial charge in [0.1, 0.15) is 6.29 Å². The van der Waals surface area contributed by atoms with Crippen molar-refractivity contribution in [3.8, 4) is 0 Å². The summed E-state index contributed by atoms with van der Waals surface area (Å²) in [6.45, 7) is 2.59. The third-order valence-electron chi connectivity index (χ3n) is 4.65. The first-order valence-electron chi connectivity index (χ1n) is 7.38. The van der Waals surface area contributed by atoms with Crippen LogP contribution in [0.1, 0.15) is 29.6 Å². The first-order valence-corrected chi connectivity index (χ1v) is 7.38. The second-order valence-electron chi connectivity index (χ2n) is 5.89. The second kappa shape index (κ2) is 4.77. The molecule has 0 saturated carbocycles. The summed E-state index contributed by atoms with van der Waals surface area (Å²) in [5, 5.41) is 0.902. The summed E-state index contributed by atoms with van der Waals surface area (Å²) in [4.78, 5) is 22.4. The normalized spacial score (nSPS) is 25.0. The van der Waals surface area contributed by atoms with E-state index >= 15 is 0 Å². The van der Waals surface area contributed by atoms with Gasteiger partial charge in [0.15, 0.2) is 0 Å². The Morgan fingerprint density at radius 2 is 2.29 bits per heavy atom. The first-order chi connectivity index (χ1) is 10.3.